The van der Waals surface area contributed by atoms with E-state index in [1.807, 2.05) is 0 Å². The summed E-state index contributed by atoms with van der Waals surface area (Å²) in [6.45, 7) is 0. The molecule has 0 unspecified atom stereocenters. The van der Waals surface area contributed by atoms with Crippen molar-refractivity contribution in [3.05, 3.63) is 30.1 Å². The quantitative estimate of drug-likeness (QED) is 0.714. The molecule has 4 nitrogen and oxygen atoms in total. The number of nitrogens with zero attached hydrogens (tertiary/aromatic N) is 1. The van der Waals surface area contributed by atoms with Crippen LogP contribution in [0.2, 0.25) is 0 Å². The second-order valence-electron chi connectivity index (χ2n) is 2.51. The van der Waals surface area contributed by atoms with Gasteiger partial charge in [-0.15, -0.1) is 0 Å². The van der Waals surface area contributed by atoms with Crippen molar-refractivity contribution in [1.29, 1.82) is 0 Å². The minimum atomic E-state index is -0.380. The molecule has 0 saturated heterocycles. The molecule has 68 valence electrons. The molecule has 4 heteroatoms. The first-order valence-corrected chi connectivity index (χ1v) is 3.78. The van der Waals surface area contributed by atoms with E-state index in [-0.39, 0.29) is 18.1 Å². The van der Waals surface area contributed by atoms with Gasteiger partial charge in [0.15, 0.2) is 0 Å². The number of aromatic hydroxyl groups is 1. The van der Waals surface area contributed by atoms with Gasteiger partial charge in [0.25, 0.3) is 0 Å². The first-order valence-electron chi connectivity index (χ1n) is 3.78. The standard InChI is InChI=1S/C9H10N2O2/c10-9(13)3-1-2-7-4-5-8(12)6-11-7/h1-2,4-6,12H,3H2,(H2,10,13). The van der Waals surface area contributed by atoms with E-state index >= 15 is 0 Å². The molecular weight excluding hydrogens is 168 g/mol. The van der Waals surface area contributed by atoms with Crippen LogP contribution in [0.25, 0.3) is 6.08 Å². The van der Waals surface area contributed by atoms with Gasteiger partial charge in [0.05, 0.1) is 11.9 Å². The molecule has 1 aromatic heterocycles. The Morgan fingerprint density at radius 2 is 2.38 bits per heavy atom. The van der Waals surface area contributed by atoms with Gasteiger partial charge in [0.1, 0.15) is 5.75 Å². The zero-order valence-corrected chi connectivity index (χ0v) is 6.97. The highest BCUT2D eigenvalue weighted by Gasteiger charge is 1.90. The summed E-state index contributed by atoms with van der Waals surface area (Å²) in [5, 5.41) is 8.91. The minimum absolute atomic E-state index is 0.118. The highest BCUT2D eigenvalue weighted by Crippen LogP contribution is 2.06. The zero-order chi connectivity index (χ0) is 9.68. The molecule has 0 aliphatic heterocycles. The average Bonchev–Trinajstić information content (AvgIpc) is 2.08. The van der Waals surface area contributed by atoms with Crippen LogP contribution in [-0.2, 0) is 4.79 Å². The molecule has 0 atom stereocenters. The van der Waals surface area contributed by atoms with E-state index in [0.29, 0.717) is 5.69 Å². The van der Waals surface area contributed by atoms with Gasteiger partial charge in [-0.1, -0.05) is 6.08 Å². The predicted octanol–water partition coefficient (Wildman–Crippen LogP) is 0.676. The van der Waals surface area contributed by atoms with E-state index in [0.717, 1.165) is 0 Å². The molecule has 0 aliphatic rings. The Labute approximate surface area is 75.7 Å². The second kappa shape index (κ2) is 4.25. The van der Waals surface area contributed by atoms with Gasteiger partial charge in [-0.3, -0.25) is 9.78 Å². The van der Waals surface area contributed by atoms with Crippen molar-refractivity contribution in [2.45, 2.75) is 6.42 Å². The molecule has 0 aromatic carbocycles. The smallest absolute Gasteiger partial charge is 0.221 e. The Hall–Kier alpha value is -1.84. The van der Waals surface area contributed by atoms with Crippen molar-refractivity contribution in [3.63, 3.8) is 0 Å². The lowest BCUT2D eigenvalue weighted by Crippen LogP contribution is -2.07. The Kier molecular flexibility index (Phi) is 3.03. The number of amides is 1. The fraction of sp³-hybridized carbons (Fsp3) is 0.111. The molecule has 0 saturated carbocycles. The Bertz CT molecular complexity index is 317. The molecule has 1 amide bonds. The molecule has 0 radical (unpaired) electrons. The third-order valence-corrected chi connectivity index (χ3v) is 1.38. The zero-order valence-electron chi connectivity index (χ0n) is 6.97. The summed E-state index contributed by atoms with van der Waals surface area (Å²) in [6.07, 6.45) is 4.83. The van der Waals surface area contributed by atoms with Crippen LogP contribution < -0.4 is 5.73 Å². The number of pyridine rings is 1. The maximum absolute atomic E-state index is 10.4. The monoisotopic (exact) mass is 178 g/mol. The average molecular weight is 178 g/mol. The number of nitrogens with two attached hydrogens (primary N) is 1. The van der Waals surface area contributed by atoms with Crippen molar-refractivity contribution in [2.75, 3.05) is 0 Å². The molecule has 13 heavy (non-hydrogen) atoms. The summed E-state index contributed by atoms with van der Waals surface area (Å²) in [5.41, 5.74) is 5.61. The molecule has 0 fully saturated rings. The lowest BCUT2D eigenvalue weighted by Gasteiger charge is -1.92. The molecule has 1 rings (SSSR count). The number of primary amides is 1. The third kappa shape index (κ3) is 3.37. The van der Waals surface area contributed by atoms with Gasteiger partial charge in [0.2, 0.25) is 5.91 Å². The highest BCUT2D eigenvalue weighted by molar-refractivity contribution is 5.76. The first-order chi connectivity index (χ1) is 6.18. The summed E-state index contributed by atoms with van der Waals surface area (Å²) in [7, 11) is 0. The molecule has 1 aromatic rings. The van der Waals surface area contributed by atoms with Crippen LogP contribution in [0.3, 0.4) is 0 Å². The first kappa shape index (κ1) is 9.25. The van der Waals surface area contributed by atoms with Gasteiger partial charge >= 0.3 is 0 Å². The van der Waals surface area contributed by atoms with Gasteiger partial charge < -0.3 is 10.8 Å². The summed E-state index contributed by atoms with van der Waals surface area (Å²) in [5.74, 6) is -0.262. The Morgan fingerprint density at radius 3 is 2.92 bits per heavy atom. The largest absolute Gasteiger partial charge is 0.506 e. The van der Waals surface area contributed by atoms with E-state index in [4.69, 9.17) is 10.8 Å². The van der Waals surface area contributed by atoms with E-state index in [9.17, 15) is 4.79 Å². The third-order valence-electron chi connectivity index (χ3n) is 1.38. The van der Waals surface area contributed by atoms with E-state index < -0.39 is 0 Å². The Balaban J connectivity index is 2.59. The topological polar surface area (TPSA) is 76.2 Å². The maximum atomic E-state index is 10.4. The van der Waals surface area contributed by atoms with Crippen molar-refractivity contribution in [2.24, 2.45) is 5.73 Å². The van der Waals surface area contributed by atoms with Gasteiger partial charge in [0, 0.05) is 6.42 Å². The number of rotatable bonds is 3. The van der Waals surface area contributed by atoms with Crippen LogP contribution in [0.5, 0.6) is 5.75 Å². The van der Waals surface area contributed by atoms with Crippen LogP contribution in [0.4, 0.5) is 0 Å². The van der Waals surface area contributed by atoms with Crippen LogP contribution >= 0.6 is 0 Å². The van der Waals surface area contributed by atoms with Crippen LogP contribution in [0.15, 0.2) is 24.4 Å². The fourth-order valence-corrected chi connectivity index (χ4v) is 0.792. The van der Waals surface area contributed by atoms with Crippen molar-refractivity contribution >= 4 is 12.0 Å². The van der Waals surface area contributed by atoms with Gasteiger partial charge in [-0.05, 0) is 18.2 Å². The summed E-state index contributed by atoms with van der Waals surface area (Å²) in [6, 6.07) is 3.17. The SMILES string of the molecule is NC(=O)CC=Cc1ccc(O)cn1. The van der Waals surface area contributed by atoms with Gasteiger partial charge in [-0.2, -0.15) is 0 Å². The van der Waals surface area contributed by atoms with Crippen molar-refractivity contribution in [3.8, 4) is 5.75 Å². The molecule has 0 spiro atoms. The second-order valence-corrected chi connectivity index (χ2v) is 2.51. The maximum Gasteiger partial charge on any atom is 0.221 e. The molecule has 0 bridgehead atoms. The Morgan fingerprint density at radius 1 is 1.62 bits per heavy atom. The normalized spacial score (nSPS) is 10.5. The van der Waals surface area contributed by atoms with E-state index in [2.05, 4.69) is 4.98 Å². The summed E-state index contributed by atoms with van der Waals surface area (Å²) < 4.78 is 0. The van der Waals surface area contributed by atoms with Crippen LogP contribution in [-0.4, -0.2) is 16.0 Å². The molecule has 3 N–H and O–H groups in total. The number of hydrogen-bond acceptors (Lipinski definition) is 3. The van der Waals surface area contributed by atoms with Gasteiger partial charge in [-0.25, -0.2) is 0 Å². The molecule has 1 heterocycles. The lowest BCUT2D eigenvalue weighted by molar-refractivity contribution is -0.117. The number of carbonyl (C=O) groups is 1. The highest BCUT2D eigenvalue weighted by atomic mass is 16.3. The number of carbonyl (C=O) groups excluding carboxylic acids is 1. The van der Waals surface area contributed by atoms with Crippen molar-refractivity contribution in [1.82, 2.24) is 4.98 Å². The molecule has 0 aliphatic carbocycles. The number of aromatic nitrogens is 1. The molecular formula is C9H10N2O2. The van der Waals surface area contributed by atoms with E-state index in [1.54, 1.807) is 18.2 Å². The summed E-state index contributed by atoms with van der Waals surface area (Å²) >= 11 is 0. The minimum Gasteiger partial charge on any atom is -0.506 e. The fourth-order valence-electron chi connectivity index (χ4n) is 0.792. The van der Waals surface area contributed by atoms with Crippen molar-refractivity contribution < 1.29 is 9.90 Å². The lowest BCUT2D eigenvalue weighted by atomic mass is 10.3. The van der Waals surface area contributed by atoms with E-state index in [1.165, 1.54) is 12.3 Å². The predicted molar refractivity (Wildman–Crippen MR) is 48.7 cm³/mol. The summed E-state index contributed by atoms with van der Waals surface area (Å²) in [4.78, 5) is 14.2. The van der Waals surface area contributed by atoms with Crippen LogP contribution in [0.1, 0.15) is 12.1 Å². The van der Waals surface area contributed by atoms with Crippen LogP contribution in [0, 0.1) is 0 Å². The number of hydrogen-bond donors (Lipinski definition) is 2.